The van der Waals surface area contributed by atoms with Gasteiger partial charge in [0, 0.05) is 33.1 Å². The average Bonchev–Trinajstić information content (AvgIpc) is 3.46. The van der Waals surface area contributed by atoms with Gasteiger partial charge in [-0.2, -0.15) is 5.26 Å². The van der Waals surface area contributed by atoms with E-state index in [9.17, 15) is 9.18 Å². The van der Waals surface area contributed by atoms with Crippen LogP contribution in [0.15, 0.2) is 121 Å². The van der Waals surface area contributed by atoms with Gasteiger partial charge >= 0.3 is 5.97 Å². The van der Waals surface area contributed by atoms with Crippen molar-refractivity contribution in [1.82, 2.24) is 0 Å². The molecule has 5 rings (SSSR count). The Hall–Kier alpha value is -5.43. The van der Waals surface area contributed by atoms with E-state index in [0.29, 0.717) is 5.56 Å². The number of carbonyl (C=O) groups is 1. The Morgan fingerprint density at radius 2 is 1.43 bits per heavy atom. The Kier molecular flexibility index (Phi) is 7.83. The van der Waals surface area contributed by atoms with Crippen LogP contribution in [0, 0.1) is 29.0 Å². The third kappa shape index (κ3) is 6.00. The molecular weight excluding hydrogens is 519 g/mol. The third-order valence-corrected chi connectivity index (χ3v) is 7.08. The summed E-state index contributed by atoms with van der Waals surface area (Å²) in [6, 6.07) is 38.2. The summed E-state index contributed by atoms with van der Waals surface area (Å²) in [6.07, 6.45) is 1.02. The number of rotatable bonds is 6. The van der Waals surface area contributed by atoms with E-state index in [1.165, 1.54) is 23.5 Å². The number of thiophene rings is 1. The minimum absolute atomic E-state index is 0.0424. The molecule has 0 bridgehead atoms. The molecule has 5 aromatic rings. The SMILES string of the molecule is N#C/C(=C\c1ccc(-c2ccc(C#Cc3ccc(N(c4ccccc4)c4ccccc4)cc3)s2)cc1F)C(=O)O. The van der Waals surface area contributed by atoms with Gasteiger partial charge in [-0.3, -0.25) is 0 Å². The molecule has 0 atom stereocenters. The van der Waals surface area contributed by atoms with Crippen molar-refractivity contribution in [2.75, 3.05) is 4.90 Å². The average molecular weight is 541 g/mol. The summed E-state index contributed by atoms with van der Waals surface area (Å²) in [5.74, 6) is 4.39. The van der Waals surface area contributed by atoms with Gasteiger partial charge in [-0.05, 0) is 78.4 Å². The number of nitriles is 1. The first-order valence-electron chi connectivity index (χ1n) is 12.3. The normalized spacial score (nSPS) is 10.8. The van der Waals surface area contributed by atoms with Crippen molar-refractivity contribution in [2.24, 2.45) is 0 Å². The number of hydrogen-bond donors (Lipinski definition) is 1. The standard InChI is InChI=1S/C34H21FN2O2S/c35-32-22-26(15-14-25(32)21-27(23-36)34(38)39)33-20-19-31(40-33)18-13-24-11-16-30(17-12-24)37(28-7-3-1-4-8-28)29-9-5-2-6-10-29/h1-12,14-17,19-22H,(H,38,39)/b27-21+. The minimum Gasteiger partial charge on any atom is -0.477 e. The number of carboxylic acid groups (broad SMARTS) is 1. The lowest BCUT2D eigenvalue weighted by molar-refractivity contribution is -0.132. The largest absolute Gasteiger partial charge is 0.477 e. The fourth-order valence-electron chi connectivity index (χ4n) is 4.08. The Bertz CT molecular complexity index is 1750. The molecule has 0 aliphatic heterocycles. The van der Waals surface area contributed by atoms with E-state index in [-0.39, 0.29) is 5.56 Å². The first kappa shape index (κ1) is 26.2. The Labute approximate surface area is 235 Å². The predicted molar refractivity (Wildman–Crippen MR) is 158 cm³/mol. The van der Waals surface area contributed by atoms with Crippen LogP contribution in [0.4, 0.5) is 21.5 Å². The summed E-state index contributed by atoms with van der Waals surface area (Å²) in [5, 5.41) is 17.9. The third-order valence-electron chi connectivity index (χ3n) is 6.03. The molecule has 1 N–H and O–H groups in total. The maximum absolute atomic E-state index is 14.6. The lowest BCUT2D eigenvalue weighted by Gasteiger charge is -2.25. The molecule has 0 unspecified atom stereocenters. The van der Waals surface area contributed by atoms with E-state index in [0.717, 1.165) is 38.5 Å². The van der Waals surface area contributed by atoms with Crippen LogP contribution in [-0.2, 0) is 4.79 Å². The quantitative estimate of drug-likeness (QED) is 0.133. The molecule has 40 heavy (non-hydrogen) atoms. The first-order chi connectivity index (χ1) is 19.5. The summed E-state index contributed by atoms with van der Waals surface area (Å²) < 4.78 is 14.6. The summed E-state index contributed by atoms with van der Waals surface area (Å²) in [4.78, 5) is 14.9. The van der Waals surface area contributed by atoms with Crippen LogP contribution in [-0.4, -0.2) is 11.1 Å². The van der Waals surface area contributed by atoms with E-state index in [2.05, 4.69) is 41.0 Å². The molecular formula is C34H21FN2O2S. The maximum atomic E-state index is 14.6. The van der Waals surface area contributed by atoms with E-state index in [4.69, 9.17) is 10.4 Å². The highest BCUT2D eigenvalue weighted by Crippen LogP contribution is 2.34. The fraction of sp³-hybridized carbons (Fsp3) is 0. The van der Waals surface area contributed by atoms with Gasteiger partial charge in [0.2, 0.25) is 0 Å². The van der Waals surface area contributed by atoms with Gasteiger partial charge in [0.05, 0.1) is 4.88 Å². The second kappa shape index (κ2) is 12.0. The monoisotopic (exact) mass is 540 g/mol. The van der Waals surface area contributed by atoms with Crippen LogP contribution in [0.2, 0.25) is 0 Å². The number of benzene rings is 4. The van der Waals surface area contributed by atoms with Crippen LogP contribution >= 0.6 is 11.3 Å². The highest BCUT2D eigenvalue weighted by atomic mass is 32.1. The van der Waals surface area contributed by atoms with E-state index in [1.807, 2.05) is 72.8 Å². The van der Waals surface area contributed by atoms with Gasteiger partial charge in [-0.1, -0.05) is 60.4 Å². The van der Waals surface area contributed by atoms with Crippen LogP contribution in [0.25, 0.3) is 16.5 Å². The van der Waals surface area contributed by atoms with Gasteiger partial charge in [0.15, 0.2) is 0 Å². The zero-order valence-corrected chi connectivity index (χ0v) is 21.9. The van der Waals surface area contributed by atoms with Crippen molar-refractivity contribution in [1.29, 1.82) is 5.26 Å². The van der Waals surface area contributed by atoms with Crippen molar-refractivity contribution in [2.45, 2.75) is 0 Å². The Morgan fingerprint density at radius 3 is 2.00 bits per heavy atom. The molecule has 4 aromatic carbocycles. The summed E-state index contributed by atoms with van der Waals surface area (Å²) >= 11 is 1.44. The zero-order valence-electron chi connectivity index (χ0n) is 21.1. The van der Waals surface area contributed by atoms with Gasteiger partial charge in [0.25, 0.3) is 0 Å². The first-order valence-corrected chi connectivity index (χ1v) is 13.1. The molecule has 0 aliphatic rings. The molecule has 1 aromatic heterocycles. The number of halogens is 1. The lowest BCUT2D eigenvalue weighted by atomic mass is 10.1. The van der Waals surface area contributed by atoms with Crippen molar-refractivity contribution in [3.05, 3.63) is 143 Å². The number of nitrogens with zero attached hydrogens (tertiary/aromatic N) is 2. The van der Waals surface area contributed by atoms with Crippen LogP contribution in [0.5, 0.6) is 0 Å². The molecule has 0 fully saturated rings. The minimum atomic E-state index is -1.40. The number of para-hydroxylation sites is 2. The van der Waals surface area contributed by atoms with E-state index in [1.54, 1.807) is 12.1 Å². The van der Waals surface area contributed by atoms with Crippen LogP contribution in [0.1, 0.15) is 16.0 Å². The van der Waals surface area contributed by atoms with Gasteiger partial charge < -0.3 is 10.0 Å². The van der Waals surface area contributed by atoms with Gasteiger partial charge in [-0.15, -0.1) is 11.3 Å². The van der Waals surface area contributed by atoms with E-state index < -0.39 is 17.4 Å². The molecule has 0 amide bonds. The second-order valence-electron chi connectivity index (χ2n) is 8.68. The van der Waals surface area contributed by atoms with Crippen molar-refractivity contribution in [3.63, 3.8) is 0 Å². The highest BCUT2D eigenvalue weighted by molar-refractivity contribution is 7.16. The maximum Gasteiger partial charge on any atom is 0.346 e. The van der Waals surface area contributed by atoms with Crippen LogP contribution < -0.4 is 4.90 Å². The number of carboxylic acids is 1. The molecule has 0 aliphatic carbocycles. The van der Waals surface area contributed by atoms with Crippen molar-refractivity contribution < 1.29 is 14.3 Å². The van der Waals surface area contributed by atoms with Crippen LogP contribution in [0.3, 0.4) is 0 Å². The Balaban J connectivity index is 1.35. The Morgan fingerprint density at radius 1 is 0.800 bits per heavy atom. The van der Waals surface area contributed by atoms with Crippen molar-refractivity contribution in [3.8, 4) is 28.4 Å². The molecule has 6 heteroatoms. The summed E-state index contributed by atoms with van der Waals surface area (Å²) in [7, 11) is 0. The fourth-order valence-corrected chi connectivity index (χ4v) is 4.94. The topological polar surface area (TPSA) is 64.3 Å². The molecule has 0 radical (unpaired) electrons. The lowest BCUT2D eigenvalue weighted by Crippen LogP contribution is -2.09. The smallest absolute Gasteiger partial charge is 0.346 e. The van der Waals surface area contributed by atoms with E-state index >= 15 is 0 Å². The predicted octanol–water partition coefficient (Wildman–Crippen LogP) is 8.42. The highest BCUT2D eigenvalue weighted by Gasteiger charge is 2.12. The second-order valence-corrected chi connectivity index (χ2v) is 9.76. The number of anilines is 3. The van der Waals surface area contributed by atoms with Gasteiger partial charge in [0.1, 0.15) is 17.5 Å². The van der Waals surface area contributed by atoms with Gasteiger partial charge in [-0.25, -0.2) is 9.18 Å². The zero-order chi connectivity index (χ0) is 27.9. The summed E-state index contributed by atoms with van der Waals surface area (Å²) in [5.41, 5.74) is 4.17. The number of hydrogen-bond acceptors (Lipinski definition) is 4. The molecule has 4 nitrogen and oxygen atoms in total. The molecule has 0 saturated carbocycles. The molecule has 1 heterocycles. The number of aliphatic carboxylic acids is 1. The molecule has 0 spiro atoms. The molecule has 192 valence electrons. The summed E-state index contributed by atoms with van der Waals surface area (Å²) in [6.45, 7) is 0. The van der Waals surface area contributed by atoms with Crippen molar-refractivity contribution >= 4 is 40.4 Å². The molecule has 0 saturated heterocycles.